The van der Waals surface area contributed by atoms with E-state index in [9.17, 15) is 9.90 Å². The van der Waals surface area contributed by atoms with Crippen LogP contribution in [0.1, 0.15) is 79.4 Å². The predicted octanol–water partition coefficient (Wildman–Crippen LogP) is 8.15. The lowest BCUT2D eigenvalue weighted by atomic mass is 9.98. The standard InChI is InChI=1S/C18H19BrO4.C10H14/c1-3-11(2)13-6-4-12(5-7-13)10-23-17-9-16(20)14(18(21)22)8-15(17)19;1-3-9(2)10-7-5-4-6-8-10/h4-9,11,20H,3,10H2,1-2H3,(H,21,22);4-9H,3H2,1-2H3. The Bertz CT molecular complexity index is 1020. The van der Waals surface area contributed by atoms with E-state index in [-0.39, 0.29) is 11.3 Å². The maximum Gasteiger partial charge on any atom is 0.339 e. The normalized spacial score (nSPS) is 12.3. The number of benzene rings is 3. The van der Waals surface area contributed by atoms with Gasteiger partial charge in [-0.25, -0.2) is 4.79 Å². The number of hydrogen-bond acceptors (Lipinski definition) is 3. The highest BCUT2D eigenvalue weighted by molar-refractivity contribution is 9.10. The van der Waals surface area contributed by atoms with Crippen molar-refractivity contribution in [2.75, 3.05) is 0 Å². The molecule has 3 aromatic rings. The highest BCUT2D eigenvalue weighted by atomic mass is 79.9. The summed E-state index contributed by atoms with van der Waals surface area (Å²) in [6.07, 6.45) is 2.32. The lowest BCUT2D eigenvalue weighted by molar-refractivity contribution is 0.0693. The number of carbonyl (C=O) groups is 1. The Morgan fingerprint density at radius 3 is 1.97 bits per heavy atom. The molecule has 0 fully saturated rings. The van der Waals surface area contributed by atoms with Gasteiger partial charge in [-0.05, 0) is 63.4 Å². The van der Waals surface area contributed by atoms with Crippen LogP contribution >= 0.6 is 15.9 Å². The zero-order chi connectivity index (χ0) is 24.4. The van der Waals surface area contributed by atoms with Crippen LogP contribution in [0.3, 0.4) is 0 Å². The summed E-state index contributed by atoms with van der Waals surface area (Å²) in [6.45, 7) is 9.17. The van der Waals surface area contributed by atoms with Crippen LogP contribution in [0.4, 0.5) is 0 Å². The zero-order valence-corrected chi connectivity index (χ0v) is 21.3. The molecule has 0 saturated heterocycles. The van der Waals surface area contributed by atoms with Crippen molar-refractivity contribution in [2.24, 2.45) is 0 Å². The van der Waals surface area contributed by atoms with Crippen molar-refractivity contribution in [2.45, 2.75) is 59.0 Å². The lowest BCUT2D eigenvalue weighted by Gasteiger charge is -2.12. The molecule has 2 N–H and O–H groups in total. The fourth-order valence-corrected chi connectivity index (χ4v) is 3.64. The van der Waals surface area contributed by atoms with E-state index in [2.05, 4.69) is 86.1 Å². The molecule has 33 heavy (non-hydrogen) atoms. The Morgan fingerprint density at radius 1 is 0.909 bits per heavy atom. The van der Waals surface area contributed by atoms with Crippen molar-refractivity contribution in [1.29, 1.82) is 0 Å². The third-order valence-electron chi connectivity index (χ3n) is 5.82. The van der Waals surface area contributed by atoms with Gasteiger partial charge in [-0.1, -0.05) is 82.3 Å². The van der Waals surface area contributed by atoms with Crippen LogP contribution in [0, 0.1) is 0 Å². The molecule has 0 aliphatic carbocycles. The van der Waals surface area contributed by atoms with Crippen LogP contribution in [-0.4, -0.2) is 16.2 Å². The van der Waals surface area contributed by atoms with Gasteiger partial charge in [0.1, 0.15) is 23.7 Å². The van der Waals surface area contributed by atoms with Crippen LogP contribution in [0.15, 0.2) is 71.2 Å². The summed E-state index contributed by atoms with van der Waals surface area (Å²) in [6, 6.07) is 21.5. The fourth-order valence-electron chi connectivity index (χ4n) is 3.18. The largest absolute Gasteiger partial charge is 0.507 e. The van der Waals surface area contributed by atoms with E-state index in [1.54, 1.807) is 0 Å². The molecule has 0 heterocycles. The first-order chi connectivity index (χ1) is 15.8. The molecule has 3 rings (SSSR count). The summed E-state index contributed by atoms with van der Waals surface area (Å²) in [4.78, 5) is 11.0. The van der Waals surface area contributed by atoms with Crippen LogP contribution < -0.4 is 4.74 Å². The minimum absolute atomic E-state index is 0.165. The Morgan fingerprint density at radius 2 is 1.45 bits per heavy atom. The van der Waals surface area contributed by atoms with Crippen LogP contribution in [0.5, 0.6) is 11.5 Å². The lowest BCUT2D eigenvalue weighted by Crippen LogP contribution is -2.00. The third-order valence-corrected chi connectivity index (χ3v) is 6.44. The molecule has 0 amide bonds. The van der Waals surface area contributed by atoms with E-state index in [0.717, 1.165) is 12.0 Å². The van der Waals surface area contributed by atoms with Gasteiger partial charge in [0.25, 0.3) is 0 Å². The third kappa shape index (κ3) is 7.93. The molecule has 2 atom stereocenters. The minimum atomic E-state index is -1.18. The molecule has 2 unspecified atom stereocenters. The number of aromatic hydroxyl groups is 1. The fraction of sp³-hybridized carbons (Fsp3) is 0.321. The Kier molecular flexibility index (Phi) is 10.5. The predicted molar refractivity (Wildman–Crippen MR) is 137 cm³/mol. The highest BCUT2D eigenvalue weighted by Gasteiger charge is 2.14. The zero-order valence-electron chi connectivity index (χ0n) is 19.7. The molecule has 0 radical (unpaired) electrons. The van der Waals surface area contributed by atoms with E-state index < -0.39 is 5.97 Å². The molecular weight excluding hydrogens is 480 g/mol. The number of carboxylic acid groups (broad SMARTS) is 1. The van der Waals surface area contributed by atoms with Gasteiger partial charge in [0, 0.05) is 6.07 Å². The molecule has 0 spiro atoms. The molecule has 5 heteroatoms. The van der Waals surface area contributed by atoms with Crippen molar-refractivity contribution in [3.05, 3.63) is 93.5 Å². The minimum Gasteiger partial charge on any atom is -0.507 e. The first-order valence-corrected chi connectivity index (χ1v) is 12.1. The highest BCUT2D eigenvalue weighted by Crippen LogP contribution is 2.33. The maximum atomic E-state index is 11.0. The average molecular weight is 513 g/mol. The summed E-state index contributed by atoms with van der Waals surface area (Å²) in [5, 5.41) is 18.7. The Labute approximate surface area is 205 Å². The molecule has 176 valence electrons. The van der Waals surface area contributed by atoms with E-state index in [1.165, 1.54) is 29.7 Å². The second-order valence-corrected chi connectivity index (χ2v) is 9.02. The number of rotatable bonds is 8. The summed E-state index contributed by atoms with van der Waals surface area (Å²) in [5.41, 5.74) is 3.58. The smallest absolute Gasteiger partial charge is 0.339 e. The molecule has 4 nitrogen and oxygen atoms in total. The summed E-state index contributed by atoms with van der Waals surface area (Å²) in [5.74, 6) is 0.137. The number of hydrogen-bond donors (Lipinski definition) is 2. The molecule has 0 aliphatic heterocycles. The van der Waals surface area contributed by atoms with Crippen molar-refractivity contribution < 1.29 is 19.7 Å². The quantitative estimate of drug-likeness (QED) is 0.319. The second-order valence-electron chi connectivity index (χ2n) is 8.16. The van der Waals surface area contributed by atoms with Crippen molar-refractivity contribution in [3.63, 3.8) is 0 Å². The number of carboxylic acids is 1. The van der Waals surface area contributed by atoms with E-state index in [4.69, 9.17) is 9.84 Å². The molecular formula is C28H33BrO4. The van der Waals surface area contributed by atoms with Crippen LogP contribution in [-0.2, 0) is 6.61 Å². The average Bonchev–Trinajstić information content (AvgIpc) is 2.84. The Hall–Kier alpha value is -2.79. The van der Waals surface area contributed by atoms with Crippen molar-refractivity contribution in [3.8, 4) is 11.5 Å². The monoisotopic (exact) mass is 512 g/mol. The van der Waals surface area contributed by atoms with Crippen LogP contribution in [0.25, 0.3) is 0 Å². The van der Waals surface area contributed by atoms with E-state index in [0.29, 0.717) is 28.7 Å². The van der Waals surface area contributed by atoms with Gasteiger partial charge >= 0.3 is 5.97 Å². The topological polar surface area (TPSA) is 66.8 Å². The van der Waals surface area contributed by atoms with E-state index in [1.807, 2.05) is 12.1 Å². The summed E-state index contributed by atoms with van der Waals surface area (Å²) >= 11 is 3.26. The Balaban J connectivity index is 0.000000321. The number of phenols is 1. The van der Waals surface area contributed by atoms with Crippen molar-refractivity contribution >= 4 is 21.9 Å². The number of ether oxygens (including phenoxy) is 1. The van der Waals surface area contributed by atoms with Gasteiger partial charge in [-0.15, -0.1) is 0 Å². The molecule has 0 aromatic heterocycles. The van der Waals surface area contributed by atoms with Gasteiger partial charge < -0.3 is 14.9 Å². The molecule has 0 bridgehead atoms. The first kappa shape index (κ1) is 26.5. The molecule has 0 aliphatic rings. The molecule has 3 aromatic carbocycles. The van der Waals surface area contributed by atoms with Gasteiger partial charge in [-0.2, -0.15) is 0 Å². The van der Waals surface area contributed by atoms with Gasteiger partial charge in [0.05, 0.1) is 4.47 Å². The first-order valence-electron chi connectivity index (χ1n) is 11.3. The number of aromatic carboxylic acids is 1. The summed E-state index contributed by atoms with van der Waals surface area (Å²) in [7, 11) is 0. The van der Waals surface area contributed by atoms with Crippen LogP contribution in [0.2, 0.25) is 0 Å². The second kappa shape index (κ2) is 13.0. The van der Waals surface area contributed by atoms with Gasteiger partial charge in [-0.3, -0.25) is 0 Å². The number of halogens is 1. The van der Waals surface area contributed by atoms with E-state index >= 15 is 0 Å². The van der Waals surface area contributed by atoms with Crippen molar-refractivity contribution in [1.82, 2.24) is 0 Å². The maximum absolute atomic E-state index is 11.0. The summed E-state index contributed by atoms with van der Waals surface area (Å²) < 4.78 is 6.16. The molecule has 0 saturated carbocycles. The SMILES string of the molecule is CCC(C)c1ccc(COc2cc(O)c(C(=O)O)cc2Br)cc1.CCC(C)c1ccccc1. The van der Waals surface area contributed by atoms with Gasteiger partial charge in [0.15, 0.2) is 0 Å². The van der Waals surface area contributed by atoms with Gasteiger partial charge in [0.2, 0.25) is 0 Å².